The number of urea groups is 1. The molecular formula is C22H21F3N6O3. The summed E-state index contributed by atoms with van der Waals surface area (Å²) in [6.45, 7) is 1.78. The highest BCUT2D eigenvalue weighted by Crippen LogP contribution is 2.38. The second kappa shape index (κ2) is 10.6. The van der Waals surface area contributed by atoms with Crippen LogP contribution in [0, 0.1) is 6.92 Å². The number of alkyl halides is 3. The Morgan fingerprint density at radius 1 is 1.06 bits per heavy atom. The van der Waals surface area contributed by atoms with Gasteiger partial charge >= 0.3 is 12.2 Å². The van der Waals surface area contributed by atoms with Gasteiger partial charge in [-0.05, 0) is 31.2 Å². The van der Waals surface area contributed by atoms with E-state index in [-0.39, 0.29) is 23.8 Å². The number of hydrogen-bond acceptors (Lipinski definition) is 6. The highest BCUT2D eigenvalue weighted by atomic mass is 19.4. The number of hydrogen-bond donors (Lipinski definition) is 3. The summed E-state index contributed by atoms with van der Waals surface area (Å²) < 4.78 is 46.4. The minimum Gasteiger partial charge on any atom is -0.495 e. The zero-order chi connectivity index (χ0) is 24.7. The average molecular weight is 474 g/mol. The molecule has 0 bridgehead atoms. The highest BCUT2D eigenvalue weighted by Gasteiger charge is 2.36. The fraction of sp³-hybridized carbons (Fsp3) is 0.227. The Morgan fingerprint density at radius 2 is 1.85 bits per heavy atom. The van der Waals surface area contributed by atoms with Crippen LogP contribution in [0.1, 0.15) is 27.3 Å². The Labute approximate surface area is 192 Å². The number of nitrogens with one attached hydrogen (secondary N) is 3. The zero-order valence-corrected chi connectivity index (χ0v) is 18.2. The molecule has 0 spiro atoms. The van der Waals surface area contributed by atoms with E-state index in [0.29, 0.717) is 23.9 Å². The smallest absolute Gasteiger partial charge is 0.417 e. The second-order valence-corrected chi connectivity index (χ2v) is 7.04. The third-order valence-electron chi connectivity index (χ3n) is 4.55. The van der Waals surface area contributed by atoms with Crippen LogP contribution < -0.4 is 20.7 Å². The molecule has 1 aromatic carbocycles. The Kier molecular flexibility index (Phi) is 7.61. The predicted octanol–water partition coefficient (Wildman–Crippen LogP) is 3.82. The molecule has 178 valence electrons. The van der Waals surface area contributed by atoms with Crippen LogP contribution in [0.15, 0.2) is 48.9 Å². The van der Waals surface area contributed by atoms with Gasteiger partial charge in [-0.3, -0.25) is 20.1 Å². The van der Waals surface area contributed by atoms with Crippen LogP contribution in [-0.2, 0) is 12.6 Å². The standard InChI is InChI=1S/C22H21F3N6O3/c1-13-11-29-19(12-28-13)31-21(33)30-17-10-16(22(23,24)25)15(9-18(17)34-2)20(32)27-8-6-14-5-3-4-7-26-14/h3-5,7,9-12H,6,8H2,1-2H3,(H,27,32)(H2,29,30,31,33). The molecule has 3 N–H and O–H groups in total. The van der Waals surface area contributed by atoms with Gasteiger partial charge in [-0.15, -0.1) is 0 Å². The van der Waals surface area contributed by atoms with Crippen LogP contribution in [0.4, 0.5) is 29.5 Å². The number of anilines is 2. The molecule has 0 unspecified atom stereocenters. The number of aryl methyl sites for hydroxylation is 1. The Hall–Kier alpha value is -4.22. The van der Waals surface area contributed by atoms with Gasteiger partial charge in [-0.2, -0.15) is 13.2 Å². The van der Waals surface area contributed by atoms with Gasteiger partial charge < -0.3 is 15.4 Å². The second-order valence-electron chi connectivity index (χ2n) is 7.04. The van der Waals surface area contributed by atoms with E-state index in [1.807, 2.05) is 0 Å². The number of aromatic nitrogens is 3. The van der Waals surface area contributed by atoms with Gasteiger partial charge in [-0.25, -0.2) is 9.78 Å². The van der Waals surface area contributed by atoms with Gasteiger partial charge in [0.15, 0.2) is 5.82 Å². The summed E-state index contributed by atoms with van der Waals surface area (Å²) in [7, 11) is 1.21. The van der Waals surface area contributed by atoms with E-state index in [9.17, 15) is 22.8 Å². The number of rotatable bonds is 7. The topological polar surface area (TPSA) is 118 Å². The van der Waals surface area contributed by atoms with Crippen molar-refractivity contribution >= 4 is 23.4 Å². The number of amides is 3. The van der Waals surface area contributed by atoms with Crippen molar-refractivity contribution in [3.05, 3.63) is 71.4 Å². The number of ether oxygens (including phenoxy) is 1. The maximum Gasteiger partial charge on any atom is 0.417 e. The normalized spacial score (nSPS) is 11.0. The van der Waals surface area contributed by atoms with Crippen LogP contribution in [0.2, 0.25) is 0 Å². The number of nitrogens with zero attached hydrogens (tertiary/aromatic N) is 3. The molecule has 3 amide bonds. The number of benzene rings is 1. The van der Waals surface area contributed by atoms with Gasteiger partial charge in [0.05, 0.1) is 42.0 Å². The summed E-state index contributed by atoms with van der Waals surface area (Å²) in [6.07, 6.45) is -0.232. The Balaban J connectivity index is 1.79. The van der Waals surface area contributed by atoms with Crippen LogP contribution >= 0.6 is 0 Å². The number of pyridine rings is 1. The SMILES string of the molecule is COc1cc(C(=O)NCCc2ccccn2)c(C(F)(F)F)cc1NC(=O)Nc1cnc(C)cn1. The van der Waals surface area contributed by atoms with Crippen molar-refractivity contribution in [2.24, 2.45) is 0 Å². The lowest BCUT2D eigenvalue weighted by Crippen LogP contribution is -2.29. The Morgan fingerprint density at radius 3 is 2.47 bits per heavy atom. The molecule has 2 heterocycles. The molecule has 2 aromatic heterocycles. The first-order chi connectivity index (χ1) is 16.2. The van der Waals surface area contributed by atoms with Gasteiger partial charge in [-0.1, -0.05) is 6.07 Å². The molecule has 0 aliphatic carbocycles. The minimum absolute atomic E-state index is 0.0788. The first-order valence-electron chi connectivity index (χ1n) is 10.0. The summed E-state index contributed by atoms with van der Waals surface area (Å²) in [5.74, 6) is -0.970. The lowest BCUT2D eigenvalue weighted by atomic mass is 10.0. The largest absolute Gasteiger partial charge is 0.495 e. The van der Waals surface area contributed by atoms with Crippen molar-refractivity contribution < 1.29 is 27.5 Å². The summed E-state index contributed by atoms with van der Waals surface area (Å²) >= 11 is 0. The quantitative estimate of drug-likeness (QED) is 0.479. The molecular weight excluding hydrogens is 453 g/mol. The van der Waals surface area contributed by atoms with E-state index >= 15 is 0 Å². The molecule has 0 fully saturated rings. The number of halogens is 3. The van der Waals surface area contributed by atoms with E-state index < -0.39 is 29.2 Å². The van der Waals surface area contributed by atoms with Gasteiger partial charge in [0, 0.05) is 24.9 Å². The molecule has 34 heavy (non-hydrogen) atoms. The number of carbonyl (C=O) groups excluding carboxylic acids is 2. The van der Waals surface area contributed by atoms with Gasteiger partial charge in [0.25, 0.3) is 5.91 Å². The fourth-order valence-corrected chi connectivity index (χ4v) is 2.94. The molecule has 0 saturated carbocycles. The highest BCUT2D eigenvalue weighted by molar-refractivity contribution is 6.02. The lowest BCUT2D eigenvalue weighted by molar-refractivity contribution is -0.137. The molecule has 0 aliphatic rings. The van der Waals surface area contributed by atoms with Crippen LogP contribution in [0.25, 0.3) is 0 Å². The van der Waals surface area contributed by atoms with E-state index in [4.69, 9.17) is 4.74 Å². The van der Waals surface area contributed by atoms with Crippen molar-refractivity contribution in [3.63, 3.8) is 0 Å². The fourth-order valence-electron chi connectivity index (χ4n) is 2.94. The van der Waals surface area contributed by atoms with Crippen LogP contribution in [0.5, 0.6) is 5.75 Å². The van der Waals surface area contributed by atoms with Crippen molar-refractivity contribution in [2.75, 3.05) is 24.3 Å². The van der Waals surface area contributed by atoms with E-state index in [1.54, 1.807) is 31.3 Å². The van der Waals surface area contributed by atoms with E-state index in [1.165, 1.54) is 19.5 Å². The molecule has 3 aromatic rings. The average Bonchev–Trinajstić information content (AvgIpc) is 2.80. The molecule has 0 saturated heterocycles. The van der Waals surface area contributed by atoms with Gasteiger partial charge in [0.2, 0.25) is 0 Å². The van der Waals surface area contributed by atoms with E-state index in [2.05, 4.69) is 30.9 Å². The zero-order valence-electron chi connectivity index (χ0n) is 18.2. The van der Waals surface area contributed by atoms with Crippen LogP contribution in [0.3, 0.4) is 0 Å². The van der Waals surface area contributed by atoms with Crippen LogP contribution in [-0.4, -0.2) is 40.5 Å². The van der Waals surface area contributed by atoms with Crippen molar-refractivity contribution in [1.29, 1.82) is 0 Å². The summed E-state index contributed by atoms with van der Waals surface area (Å²) in [4.78, 5) is 36.9. The van der Waals surface area contributed by atoms with Crippen molar-refractivity contribution in [1.82, 2.24) is 20.3 Å². The summed E-state index contributed by atoms with van der Waals surface area (Å²) in [5.41, 5.74) is -0.844. The summed E-state index contributed by atoms with van der Waals surface area (Å²) in [5, 5.41) is 7.11. The number of methoxy groups -OCH3 is 1. The molecule has 3 rings (SSSR count). The molecule has 0 aliphatic heterocycles. The lowest BCUT2D eigenvalue weighted by Gasteiger charge is -2.18. The van der Waals surface area contributed by atoms with E-state index in [0.717, 1.165) is 6.07 Å². The van der Waals surface area contributed by atoms with Crippen molar-refractivity contribution in [2.45, 2.75) is 19.5 Å². The molecule has 9 nitrogen and oxygen atoms in total. The Bertz CT molecular complexity index is 1160. The third kappa shape index (κ3) is 6.40. The predicted molar refractivity (Wildman–Crippen MR) is 118 cm³/mol. The maximum atomic E-state index is 13.8. The molecule has 0 radical (unpaired) electrons. The first kappa shape index (κ1) is 24.4. The van der Waals surface area contributed by atoms with Gasteiger partial charge in [0.1, 0.15) is 5.75 Å². The molecule has 12 heteroatoms. The summed E-state index contributed by atoms with van der Waals surface area (Å²) in [6, 6.07) is 5.95. The first-order valence-corrected chi connectivity index (χ1v) is 10.0. The minimum atomic E-state index is -4.87. The maximum absolute atomic E-state index is 13.8. The molecule has 0 atom stereocenters. The monoisotopic (exact) mass is 474 g/mol. The third-order valence-corrected chi connectivity index (χ3v) is 4.55. The van der Waals surface area contributed by atoms with Crippen molar-refractivity contribution in [3.8, 4) is 5.75 Å². The number of carbonyl (C=O) groups is 2.